The first-order valence-corrected chi connectivity index (χ1v) is 10.3. The van der Waals surface area contributed by atoms with Gasteiger partial charge in [0.15, 0.2) is 0 Å². The Labute approximate surface area is 176 Å². The Kier molecular flexibility index (Phi) is 7.22. The highest BCUT2D eigenvalue weighted by atomic mass is 35.5. The number of likely N-dealkylation sites (tertiary alicyclic amines) is 1. The summed E-state index contributed by atoms with van der Waals surface area (Å²) in [6.07, 6.45) is 1.67. The number of rotatable bonds is 6. The van der Waals surface area contributed by atoms with Crippen molar-refractivity contribution >= 4 is 29.1 Å². The molecule has 1 aliphatic heterocycles. The fourth-order valence-electron chi connectivity index (χ4n) is 3.57. The lowest BCUT2D eigenvalue weighted by molar-refractivity contribution is -0.127. The normalized spacial score (nSPS) is 16.6. The minimum Gasteiger partial charge on any atom is -0.497 e. The number of ether oxygens (including phenoxy) is 1. The summed E-state index contributed by atoms with van der Waals surface area (Å²) >= 11 is 12.6. The third-order valence-electron chi connectivity index (χ3n) is 5.38. The van der Waals surface area contributed by atoms with Crippen LogP contribution in [-0.4, -0.2) is 31.0 Å². The molecule has 1 N–H and O–H groups in total. The van der Waals surface area contributed by atoms with E-state index in [-0.39, 0.29) is 17.9 Å². The molecule has 3 rings (SSSR count). The molecule has 28 heavy (non-hydrogen) atoms. The Morgan fingerprint density at radius 1 is 1.14 bits per heavy atom. The summed E-state index contributed by atoms with van der Waals surface area (Å²) in [6.45, 7) is 4.44. The lowest BCUT2D eigenvalue weighted by Crippen LogP contribution is -2.41. The first-order valence-electron chi connectivity index (χ1n) is 9.57. The number of methoxy groups -OCH3 is 1. The van der Waals surface area contributed by atoms with Crippen LogP contribution in [0.2, 0.25) is 10.0 Å². The van der Waals surface area contributed by atoms with Gasteiger partial charge in [0.1, 0.15) is 5.75 Å². The quantitative estimate of drug-likeness (QED) is 0.707. The molecule has 150 valence electrons. The van der Waals surface area contributed by atoms with Crippen molar-refractivity contribution in [3.8, 4) is 5.75 Å². The number of nitrogens with zero attached hydrogens (tertiary/aromatic N) is 1. The van der Waals surface area contributed by atoms with Crippen LogP contribution < -0.4 is 10.1 Å². The lowest BCUT2D eigenvalue weighted by atomic mass is 9.95. The largest absolute Gasteiger partial charge is 0.497 e. The van der Waals surface area contributed by atoms with Crippen molar-refractivity contribution in [3.05, 3.63) is 63.6 Å². The van der Waals surface area contributed by atoms with E-state index in [1.807, 2.05) is 49.4 Å². The summed E-state index contributed by atoms with van der Waals surface area (Å²) in [5.41, 5.74) is 2.03. The van der Waals surface area contributed by atoms with Crippen LogP contribution in [0.4, 0.5) is 0 Å². The Bertz CT molecular complexity index is 782. The van der Waals surface area contributed by atoms with Crippen LogP contribution in [0.5, 0.6) is 5.75 Å². The molecule has 0 aliphatic carbocycles. The second-order valence-corrected chi connectivity index (χ2v) is 8.07. The first-order chi connectivity index (χ1) is 13.5. The van der Waals surface area contributed by atoms with Gasteiger partial charge in [0.2, 0.25) is 5.91 Å². The van der Waals surface area contributed by atoms with Gasteiger partial charge in [0.05, 0.1) is 13.2 Å². The van der Waals surface area contributed by atoms with Gasteiger partial charge in [-0.3, -0.25) is 9.69 Å². The van der Waals surface area contributed by atoms with Gasteiger partial charge in [-0.05, 0) is 62.7 Å². The molecule has 1 amide bonds. The summed E-state index contributed by atoms with van der Waals surface area (Å²) in [7, 11) is 1.65. The topological polar surface area (TPSA) is 41.6 Å². The predicted octanol–water partition coefficient (Wildman–Crippen LogP) is 5.09. The SMILES string of the molecule is COc1ccc([C@H](C)NC(=O)C2CCN(Cc3c(Cl)cccc3Cl)CC2)cc1. The molecule has 0 saturated carbocycles. The van der Waals surface area contributed by atoms with E-state index < -0.39 is 0 Å². The third kappa shape index (κ3) is 5.19. The number of piperidine rings is 1. The maximum Gasteiger partial charge on any atom is 0.223 e. The number of carbonyl (C=O) groups is 1. The fourth-order valence-corrected chi connectivity index (χ4v) is 4.08. The zero-order chi connectivity index (χ0) is 20.1. The molecule has 1 saturated heterocycles. The van der Waals surface area contributed by atoms with Crippen LogP contribution >= 0.6 is 23.2 Å². The highest BCUT2D eigenvalue weighted by Crippen LogP contribution is 2.28. The van der Waals surface area contributed by atoms with E-state index >= 15 is 0 Å². The van der Waals surface area contributed by atoms with Crippen molar-refractivity contribution in [1.82, 2.24) is 10.2 Å². The summed E-state index contributed by atoms with van der Waals surface area (Å²) in [4.78, 5) is 15.0. The van der Waals surface area contributed by atoms with Crippen LogP contribution in [0.25, 0.3) is 0 Å². The summed E-state index contributed by atoms with van der Waals surface area (Å²) in [5.74, 6) is 0.977. The predicted molar refractivity (Wildman–Crippen MR) is 114 cm³/mol. The molecular formula is C22H26Cl2N2O2. The minimum absolute atomic E-state index is 0.0293. The van der Waals surface area contributed by atoms with Crippen LogP contribution in [0.3, 0.4) is 0 Å². The molecule has 1 aliphatic rings. The summed E-state index contributed by atoms with van der Waals surface area (Å²) in [6, 6.07) is 13.4. The molecule has 4 nitrogen and oxygen atoms in total. The maximum absolute atomic E-state index is 12.7. The smallest absolute Gasteiger partial charge is 0.223 e. The minimum atomic E-state index is -0.0293. The highest BCUT2D eigenvalue weighted by Gasteiger charge is 2.26. The van der Waals surface area contributed by atoms with E-state index in [1.54, 1.807) is 7.11 Å². The molecule has 1 fully saturated rings. The van der Waals surface area contributed by atoms with Crippen molar-refractivity contribution in [2.24, 2.45) is 5.92 Å². The Morgan fingerprint density at radius 2 is 1.75 bits per heavy atom. The van der Waals surface area contributed by atoms with Crippen LogP contribution in [0.1, 0.15) is 36.9 Å². The second-order valence-electron chi connectivity index (χ2n) is 7.25. The van der Waals surface area contributed by atoms with Gasteiger partial charge < -0.3 is 10.1 Å². The molecule has 1 heterocycles. The molecule has 1 atom stereocenters. The van der Waals surface area contributed by atoms with Crippen LogP contribution in [0.15, 0.2) is 42.5 Å². The number of hydrogen-bond acceptors (Lipinski definition) is 3. The van der Waals surface area contributed by atoms with Gasteiger partial charge in [0.25, 0.3) is 0 Å². The molecule has 2 aromatic rings. The number of carbonyl (C=O) groups excluding carboxylic acids is 1. The Hall–Kier alpha value is -1.75. The molecule has 6 heteroatoms. The second kappa shape index (κ2) is 9.64. The van der Waals surface area contributed by atoms with Crippen molar-refractivity contribution in [1.29, 1.82) is 0 Å². The van der Waals surface area contributed by atoms with Gasteiger partial charge in [-0.25, -0.2) is 0 Å². The number of amides is 1. The van der Waals surface area contributed by atoms with Crippen molar-refractivity contribution in [2.45, 2.75) is 32.4 Å². The Morgan fingerprint density at radius 3 is 2.32 bits per heavy atom. The molecule has 0 unspecified atom stereocenters. The first kappa shape index (κ1) is 21.0. The molecule has 2 aromatic carbocycles. The van der Waals surface area contributed by atoms with Crippen LogP contribution in [0, 0.1) is 5.92 Å². The van der Waals surface area contributed by atoms with Crippen molar-refractivity contribution in [2.75, 3.05) is 20.2 Å². The lowest BCUT2D eigenvalue weighted by Gasteiger charge is -2.32. The average molecular weight is 421 g/mol. The van der Waals surface area contributed by atoms with Gasteiger partial charge in [-0.2, -0.15) is 0 Å². The zero-order valence-corrected chi connectivity index (χ0v) is 17.8. The van der Waals surface area contributed by atoms with E-state index in [0.29, 0.717) is 10.0 Å². The summed E-state index contributed by atoms with van der Waals surface area (Å²) in [5, 5.41) is 4.54. The molecule has 0 bridgehead atoms. The van der Waals surface area contributed by atoms with E-state index in [9.17, 15) is 4.79 Å². The molecule has 0 spiro atoms. The van der Waals surface area contributed by atoms with E-state index in [1.165, 1.54) is 0 Å². The third-order valence-corrected chi connectivity index (χ3v) is 6.08. The highest BCUT2D eigenvalue weighted by molar-refractivity contribution is 6.35. The van der Waals surface area contributed by atoms with Gasteiger partial charge in [0, 0.05) is 28.1 Å². The van der Waals surface area contributed by atoms with E-state index in [2.05, 4.69) is 10.2 Å². The zero-order valence-electron chi connectivity index (χ0n) is 16.3. The van der Waals surface area contributed by atoms with Crippen LogP contribution in [-0.2, 0) is 11.3 Å². The summed E-state index contributed by atoms with van der Waals surface area (Å²) < 4.78 is 5.18. The number of halogens is 2. The number of nitrogens with one attached hydrogen (secondary N) is 1. The molecular weight excluding hydrogens is 395 g/mol. The molecule has 0 aromatic heterocycles. The van der Waals surface area contributed by atoms with Crippen molar-refractivity contribution < 1.29 is 9.53 Å². The fraction of sp³-hybridized carbons (Fsp3) is 0.409. The monoisotopic (exact) mass is 420 g/mol. The number of benzene rings is 2. The van der Waals surface area contributed by atoms with E-state index in [0.717, 1.165) is 49.4 Å². The van der Waals surface area contributed by atoms with Gasteiger partial charge in [-0.1, -0.05) is 41.4 Å². The van der Waals surface area contributed by atoms with Crippen molar-refractivity contribution in [3.63, 3.8) is 0 Å². The average Bonchev–Trinajstić information content (AvgIpc) is 2.71. The maximum atomic E-state index is 12.7. The van der Waals surface area contributed by atoms with Gasteiger partial charge in [-0.15, -0.1) is 0 Å². The van der Waals surface area contributed by atoms with E-state index in [4.69, 9.17) is 27.9 Å². The Balaban J connectivity index is 1.50. The molecule has 0 radical (unpaired) electrons. The standard InChI is InChI=1S/C22H26Cl2N2O2/c1-15(16-6-8-18(28-2)9-7-16)25-22(27)17-10-12-26(13-11-17)14-19-20(23)4-3-5-21(19)24/h3-9,15,17H,10-14H2,1-2H3,(H,25,27)/t15-/m0/s1. The number of hydrogen-bond donors (Lipinski definition) is 1. The van der Waals surface area contributed by atoms with Gasteiger partial charge >= 0.3 is 0 Å².